The molecule has 1 aromatic carbocycles. The van der Waals surface area contributed by atoms with Gasteiger partial charge in [-0.1, -0.05) is 25.5 Å². The maximum absolute atomic E-state index is 12.4. The van der Waals surface area contributed by atoms with Crippen LogP contribution < -0.4 is 16.8 Å². The molecule has 0 radical (unpaired) electrons. The van der Waals surface area contributed by atoms with Crippen LogP contribution in [0.15, 0.2) is 29.1 Å². The minimum Gasteiger partial charge on any atom is -0.506 e. The number of hydrogen-bond donors (Lipinski definition) is 3. The number of carbonyl (C=O) groups is 1. The third-order valence-corrected chi connectivity index (χ3v) is 3.24. The van der Waals surface area contributed by atoms with Gasteiger partial charge in [-0.05, 0) is 18.6 Å². The molecule has 0 unspecified atom stereocenters. The Bertz CT molecular complexity index is 707. The van der Waals surface area contributed by atoms with E-state index in [9.17, 15) is 14.7 Å². The van der Waals surface area contributed by atoms with Crippen LogP contribution in [0.25, 0.3) is 10.9 Å². The highest BCUT2D eigenvalue weighted by atomic mass is 16.3. The second-order valence-corrected chi connectivity index (χ2v) is 4.52. The predicted octanol–water partition coefficient (Wildman–Crippen LogP) is 1.11. The fraction of sp³-hybridized carbons (Fsp3) is 0.286. The van der Waals surface area contributed by atoms with Crippen molar-refractivity contribution in [3.63, 3.8) is 0 Å². The van der Waals surface area contributed by atoms with Crippen molar-refractivity contribution in [2.75, 3.05) is 0 Å². The summed E-state index contributed by atoms with van der Waals surface area (Å²) in [6.45, 7) is 2.50. The third-order valence-electron chi connectivity index (χ3n) is 3.24. The highest BCUT2D eigenvalue weighted by Crippen LogP contribution is 2.26. The molecule has 6 heteroatoms. The number of fused-ring (bicyclic) bond motifs is 1. The zero-order chi connectivity index (χ0) is 14.7. The first-order valence-corrected chi connectivity index (χ1v) is 6.47. The van der Waals surface area contributed by atoms with Crippen molar-refractivity contribution >= 4 is 16.8 Å². The van der Waals surface area contributed by atoms with Crippen molar-refractivity contribution in [2.45, 2.75) is 26.3 Å². The van der Waals surface area contributed by atoms with Crippen LogP contribution in [0.3, 0.4) is 0 Å². The monoisotopic (exact) mass is 275 g/mol. The standard InChI is InChI=1S/C14H17N3O3/c1-2-3-8-17-10-7-5-4-6-9(10)12(18)11(14(17)20)13(19)16-15/h4-7,18H,2-3,8,15H2,1H3,(H,16,19). The lowest BCUT2D eigenvalue weighted by Gasteiger charge is -2.13. The molecule has 1 heterocycles. The highest BCUT2D eigenvalue weighted by molar-refractivity contribution is 6.02. The number of aromatic nitrogens is 1. The molecule has 1 amide bonds. The van der Waals surface area contributed by atoms with Crippen molar-refractivity contribution in [1.29, 1.82) is 0 Å². The number of amides is 1. The summed E-state index contributed by atoms with van der Waals surface area (Å²) in [6.07, 6.45) is 1.72. The molecule has 0 atom stereocenters. The largest absolute Gasteiger partial charge is 0.506 e. The van der Waals surface area contributed by atoms with Crippen molar-refractivity contribution in [3.8, 4) is 5.75 Å². The average Bonchev–Trinajstić information content (AvgIpc) is 2.47. The molecule has 0 fully saturated rings. The van der Waals surface area contributed by atoms with E-state index in [1.165, 1.54) is 4.57 Å². The molecule has 4 N–H and O–H groups in total. The van der Waals surface area contributed by atoms with Crippen LogP contribution in [0.4, 0.5) is 0 Å². The number of aromatic hydroxyl groups is 1. The molecule has 0 saturated heterocycles. The summed E-state index contributed by atoms with van der Waals surface area (Å²) in [5.41, 5.74) is 1.66. The Hall–Kier alpha value is -2.34. The van der Waals surface area contributed by atoms with E-state index in [1.807, 2.05) is 12.3 Å². The number of hydrazine groups is 1. The number of rotatable bonds is 4. The highest BCUT2D eigenvalue weighted by Gasteiger charge is 2.21. The van der Waals surface area contributed by atoms with Crippen molar-refractivity contribution < 1.29 is 9.90 Å². The minimum absolute atomic E-state index is 0.317. The SMILES string of the molecule is CCCCn1c(=O)c(C(=O)NN)c(O)c2ccccc21. The second kappa shape index (κ2) is 5.75. The third kappa shape index (κ3) is 2.25. The molecule has 1 aromatic heterocycles. The molecular weight excluding hydrogens is 258 g/mol. The van der Waals surface area contributed by atoms with Gasteiger partial charge in [0.15, 0.2) is 0 Å². The number of unbranched alkanes of at least 4 members (excludes halogenated alkanes) is 1. The van der Waals surface area contributed by atoms with Crippen molar-refractivity contribution in [3.05, 3.63) is 40.2 Å². The summed E-state index contributed by atoms with van der Waals surface area (Å²) in [4.78, 5) is 24.1. The summed E-state index contributed by atoms with van der Waals surface area (Å²) >= 11 is 0. The minimum atomic E-state index is -0.788. The molecule has 20 heavy (non-hydrogen) atoms. The van der Waals surface area contributed by atoms with Gasteiger partial charge in [-0.3, -0.25) is 15.0 Å². The second-order valence-electron chi connectivity index (χ2n) is 4.52. The van der Waals surface area contributed by atoms with Gasteiger partial charge in [0.1, 0.15) is 11.3 Å². The number of nitrogens with zero attached hydrogens (tertiary/aromatic N) is 1. The number of aryl methyl sites for hydroxylation is 1. The van der Waals surface area contributed by atoms with Crippen LogP contribution in [-0.4, -0.2) is 15.6 Å². The summed E-state index contributed by atoms with van der Waals surface area (Å²) in [5.74, 6) is 3.96. The van der Waals surface area contributed by atoms with Crippen LogP contribution in [-0.2, 0) is 6.54 Å². The van der Waals surface area contributed by atoms with Crippen LogP contribution in [0, 0.1) is 0 Å². The maximum Gasteiger partial charge on any atom is 0.274 e. The summed E-state index contributed by atoms with van der Waals surface area (Å²) in [7, 11) is 0. The molecule has 0 spiro atoms. The Morgan fingerprint density at radius 1 is 1.40 bits per heavy atom. The van der Waals surface area contributed by atoms with Gasteiger partial charge in [-0.25, -0.2) is 5.84 Å². The fourth-order valence-electron chi connectivity index (χ4n) is 2.20. The van der Waals surface area contributed by atoms with Gasteiger partial charge < -0.3 is 9.67 Å². The van der Waals surface area contributed by atoms with E-state index >= 15 is 0 Å². The van der Waals surface area contributed by atoms with Gasteiger partial charge in [0.2, 0.25) is 0 Å². The van der Waals surface area contributed by atoms with Crippen molar-refractivity contribution in [1.82, 2.24) is 9.99 Å². The first kappa shape index (κ1) is 14.1. The number of para-hydroxylation sites is 1. The number of carbonyl (C=O) groups excluding carboxylic acids is 1. The Morgan fingerprint density at radius 2 is 2.10 bits per heavy atom. The summed E-state index contributed by atoms with van der Waals surface area (Å²) in [6, 6.07) is 6.93. The van der Waals surface area contributed by atoms with E-state index in [0.29, 0.717) is 17.4 Å². The number of benzene rings is 1. The quantitative estimate of drug-likeness (QED) is 0.442. The Labute approximate surface area is 115 Å². The maximum atomic E-state index is 12.4. The number of nitrogen functional groups attached to an aromatic ring is 1. The van der Waals surface area contributed by atoms with Gasteiger partial charge in [0, 0.05) is 11.9 Å². The normalized spacial score (nSPS) is 10.7. The Kier molecular flexibility index (Phi) is 4.05. The van der Waals surface area contributed by atoms with Crippen LogP contribution >= 0.6 is 0 Å². The van der Waals surface area contributed by atoms with E-state index in [0.717, 1.165) is 12.8 Å². The van der Waals surface area contributed by atoms with Crippen LogP contribution in [0.5, 0.6) is 5.75 Å². The van der Waals surface area contributed by atoms with Gasteiger partial charge in [-0.2, -0.15) is 0 Å². The van der Waals surface area contributed by atoms with Gasteiger partial charge in [-0.15, -0.1) is 0 Å². The number of nitrogens with one attached hydrogen (secondary N) is 1. The van der Waals surface area contributed by atoms with E-state index in [1.54, 1.807) is 24.3 Å². The average molecular weight is 275 g/mol. The van der Waals surface area contributed by atoms with Gasteiger partial charge >= 0.3 is 0 Å². The molecule has 106 valence electrons. The molecule has 2 rings (SSSR count). The van der Waals surface area contributed by atoms with Gasteiger partial charge in [0.05, 0.1) is 5.52 Å². The number of pyridine rings is 1. The van der Waals surface area contributed by atoms with Crippen LogP contribution in [0.2, 0.25) is 0 Å². The lowest BCUT2D eigenvalue weighted by molar-refractivity contribution is 0.0949. The molecule has 0 aliphatic carbocycles. The van der Waals surface area contributed by atoms with E-state index < -0.39 is 11.5 Å². The molecule has 0 aliphatic rings. The van der Waals surface area contributed by atoms with Crippen molar-refractivity contribution in [2.24, 2.45) is 5.84 Å². The number of hydrogen-bond acceptors (Lipinski definition) is 4. The van der Waals surface area contributed by atoms with Crippen LogP contribution in [0.1, 0.15) is 30.1 Å². The zero-order valence-corrected chi connectivity index (χ0v) is 11.2. The Balaban J connectivity index is 2.81. The topological polar surface area (TPSA) is 97.4 Å². The molecule has 0 bridgehead atoms. The smallest absolute Gasteiger partial charge is 0.274 e. The lowest BCUT2D eigenvalue weighted by Crippen LogP contribution is -2.36. The van der Waals surface area contributed by atoms with Gasteiger partial charge in [0.25, 0.3) is 11.5 Å². The first-order valence-electron chi connectivity index (χ1n) is 6.47. The fourth-order valence-corrected chi connectivity index (χ4v) is 2.20. The molecular formula is C14H17N3O3. The van der Waals surface area contributed by atoms with E-state index in [2.05, 4.69) is 0 Å². The molecule has 0 aliphatic heterocycles. The first-order chi connectivity index (χ1) is 9.61. The molecule has 6 nitrogen and oxygen atoms in total. The number of nitrogens with two attached hydrogens (primary N) is 1. The molecule has 0 saturated carbocycles. The summed E-state index contributed by atoms with van der Waals surface area (Å²) in [5, 5.41) is 10.6. The van der Waals surface area contributed by atoms with E-state index in [-0.39, 0.29) is 11.3 Å². The predicted molar refractivity (Wildman–Crippen MR) is 76.4 cm³/mol. The lowest BCUT2D eigenvalue weighted by atomic mass is 10.1. The Morgan fingerprint density at radius 3 is 2.75 bits per heavy atom. The molecule has 2 aromatic rings. The zero-order valence-electron chi connectivity index (χ0n) is 11.2. The van der Waals surface area contributed by atoms with E-state index in [4.69, 9.17) is 5.84 Å². The summed E-state index contributed by atoms with van der Waals surface area (Å²) < 4.78 is 1.50.